The fraction of sp³-hybridized carbons (Fsp3) is 0.0769. The number of aromatic hydroxyl groups is 2. The molecule has 0 unspecified atom stereocenters. The van der Waals surface area contributed by atoms with Crippen LogP contribution in [-0.2, 0) is 5.41 Å². The number of hydrogen-bond donors (Lipinski definition) is 4. The first-order chi connectivity index (χ1) is 21.8. The Bertz CT molecular complexity index is 1950. The zero-order valence-corrected chi connectivity index (χ0v) is 24.9. The molecule has 0 bridgehead atoms. The van der Waals surface area contributed by atoms with Crippen molar-refractivity contribution < 1.29 is 19.7 Å². The number of nitrogen functional groups attached to an aromatic ring is 2. The number of anilines is 2. The van der Waals surface area contributed by atoms with Gasteiger partial charge in [0, 0.05) is 12.1 Å². The molecule has 0 spiro atoms. The number of fused-ring (bicyclic) bond motifs is 3. The SMILES string of the molecule is Cc1cc(C2(c3ccc(Oc4ccc(O)c(N)c4)c(C)c3)c3ccccc3-c3ccccc32)ccc1Oc1ccc(O)c(N)c1. The molecule has 6 N–H and O–H groups in total. The van der Waals surface area contributed by atoms with E-state index < -0.39 is 5.41 Å². The van der Waals surface area contributed by atoms with Gasteiger partial charge in [0.05, 0.1) is 16.8 Å². The van der Waals surface area contributed by atoms with Crippen LogP contribution in [0.25, 0.3) is 11.1 Å². The lowest BCUT2D eigenvalue weighted by Gasteiger charge is -2.34. The highest BCUT2D eigenvalue weighted by Crippen LogP contribution is 2.56. The molecule has 6 nitrogen and oxygen atoms in total. The summed E-state index contributed by atoms with van der Waals surface area (Å²) in [5.41, 5.74) is 20.7. The molecule has 1 aliphatic rings. The van der Waals surface area contributed by atoms with Crippen molar-refractivity contribution in [1.29, 1.82) is 0 Å². The van der Waals surface area contributed by atoms with Crippen molar-refractivity contribution in [2.75, 3.05) is 11.5 Å². The maximum absolute atomic E-state index is 9.85. The number of nitrogens with two attached hydrogens (primary N) is 2. The van der Waals surface area contributed by atoms with Crippen molar-refractivity contribution in [1.82, 2.24) is 0 Å². The fourth-order valence-corrected chi connectivity index (χ4v) is 6.46. The van der Waals surface area contributed by atoms with E-state index in [1.165, 1.54) is 34.4 Å². The Labute approximate surface area is 261 Å². The monoisotopic (exact) mass is 592 g/mol. The molecule has 0 saturated carbocycles. The van der Waals surface area contributed by atoms with E-state index in [0.717, 1.165) is 22.3 Å². The number of hydrogen-bond acceptors (Lipinski definition) is 6. The van der Waals surface area contributed by atoms with Gasteiger partial charge in [-0.25, -0.2) is 0 Å². The molecule has 45 heavy (non-hydrogen) atoms. The quantitative estimate of drug-likeness (QED) is 0.113. The molecule has 0 amide bonds. The summed E-state index contributed by atoms with van der Waals surface area (Å²) in [6.45, 7) is 4.07. The summed E-state index contributed by atoms with van der Waals surface area (Å²) in [6.07, 6.45) is 0. The number of phenols is 2. The van der Waals surface area contributed by atoms with E-state index >= 15 is 0 Å². The van der Waals surface area contributed by atoms with Gasteiger partial charge in [0.1, 0.15) is 34.5 Å². The van der Waals surface area contributed by atoms with Crippen LogP contribution in [0.15, 0.2) is 121 Å². The normalized spacial score (nSPS) is 12.8. The summed E-state index contributed by atoms with van der Waals surface area (Å²) in [7, 11) is 0. The van der Waals surface area contributed by atoms with Gasteiger partial charge in [0.2, 0.25) is 0 Å². The first-order valence-corrected chi connectivity index (χ1v) is 14.7. The molecule has 7 rings (SSSR count). The van der Waals surface area contributed by atoms with Crippen LogP contribution in [0.3, 0.4) is 0 Å². The lowest BCUT2D eigenvalue weighted by atomic mass is 9.67. The van der Waals surface area contributed by atoms with E-state index in [2.05, 4.69) is 72.8 Å². The van der Waals surface area contributed by atoms with Crippen molar-refractivity contribution in [3.63, 3.8) is 0 Å². The second kappa shape index (κ2) is 10.7. The second-order valence-electron chi connectivity index (χ2n) is 11.4. The zero-order chi connectivity index (χ0) is 31.3. The van der Waals surface area contributed by atoms with E-state index in [0.29, 0.717) is 23.0 Å². The zero-order valence-electron chi connectivity index (χ0n) is 24.9. The highest BCUT2D eigenvalue weighted by atomic mass is 16.5. The topological polar surface area (TPSA) is 111 Å². The van der Waals surface area contributed by atoms with E-state index in [-0.39, 0.29) is 22.9 Å². The van der Waals surface area contributed by atoms with Crippen LogP contribution in [0, 0.1) is 13.8 Å². The highest BCUT2D eigenvalue weighted by Gasteiger charge is 2.46. The van der Waals surface area contributed by atoms with Gasteiger partial charge in [0.25, 0.3) is 0 Å². The van der Waals surface area contributed by atoms with Crippen LogP contribution in [0.5, 0.6) is 34.5 Å². The molecule has 0 heterocycles. The van der Waals surface area contributed by atoms with E-state index in [4.69, 9.17) is 20.9 Å². The van der Waals surface area contributed by atoms with Gasteiger partial charge in [-0.3, -0.25) is 0 Å². The van der Waals surface area contributed by atoms with Crippen LogP contribution in [-0.4, -0.2) is 10.2 Å². The Morgan fingerprint density at radius 2 is 0.933 bits per heavy atom. The Kier molecular flexibility index (Phi) is 6.63. The van der Waals surface area contributed by atoms with Gasteiger partial charge in [0.15, 0.2) is 0 Å². The number of rotatable bonds is 6. The van der Waals surface area contributed by atoms with Gasteiger partial charge in [-0.05, 0) is 94.8 Å². The van der Waals surface area contributed by atoms with Crippen molar-refractivity contribution in [3.8, 4) is 45.6 Å². The van der Waals surface area contributed by atoms with Crippen molar-refractivity contribution >= 4 is 11.4 Å². The lowest BCUT2D eigenvalue weighted by Crippen LogP contribution is -2.28. The third-order valence-electron chi connectivity index (χ3n) is 8.62. The first-order valence-electron chi connectivity index (χ1n) is 14.7. The summed E-state index contributed by atoms with van der Waals surface area (Å²) in [5.74, 6) is 2.55. The number of benzene rings is 6. The van der Waals surface area contributed by atoms with Crippen LogP contribution in [0.1, 0.15) is 33.4 Å². The summed E-state index contributed by atoms with van der Waals surface area (Å²) in [4.78, 5) is 0. The third-order valence-corrected chi connectivity index (χ3v) is 8.62. The Morgan fingerprint density at radius 1 is 0.511 bits per heavy atom. The number of ether oxygens (including phenoxy) is 2. The minimum atomic E-state index is -0.605. The maximum atomic E-state index is 9.85. The minimum Gasteiger partial charge on any atom is -0.506 e. The molecule has 6 aromatic carbocycles. The van der Waals surface area contributed by atoms with Crippen LogP contribution >= 0.6 is 0 Å². The number of phenolic OH excluding ortho intramolecular Hbond substituents is 2. The van der Waals surface area contributed by atoms with E-state index in [1.807, 2.05) is 26.0 Å². The smallest absolute Gasteiger partial charge is 0.138 e. The molecule has 6 aromatic rings. The maximum Gasteiger partial charge on any atom is 0.138 e. The Hall–Kier alpha value is -5.88. The summed E-state index contributed by atoms with van der Waals surface area (Å²) in [6, 6.07) is 39.5. The molecular weight excluding hydrogens is 560 g/mol. The average Bonchev–Trinajstić information content (AvgIpc) is 3.34. The summed E-state index contributed by atoms with van der Waals surface area (Å²) < 4.78 is 12.4. The predicted octanol–water partition coefficient (Wildman–Crippen LogP) is 8.83. The standard InChI is InChI=1S/C39H32N2O4/c1-23-19-25(11-17-37(23)44-27-13-15-35(42)33(40)21-27)39(31-9-5-3-7-29(31)30-8-4-6-10-32(30)39)26-12-18-38(24(2)20-26)45-28-14-16-36(43)34(41)22-28/h3-22,42-43H,40-41H2,1-2H3. The average molecular weight is 593 g/mol. The second-order valence-corrected chi connectivity index (χ2v) is 11.4. The van der Waals surface area contributed by atoms with E-state index in [1.54, 1.807) is 24.3 Å². The predicted molar refractivity (Wildman–Crippen MR) is 178 cm³/mol. The van der Waals surface area contributed by atoms with Gasteiger partial charge in [-0.1, -0.05) is 72.8 Å². The Morgan fingerprint density at radius 3 is 1.33 bits per heavy atom. The summed E-state index contributed by atoms with van der Waals surface area (Å²) in [5, 5.41) is 19.7. The number of aryl methyl sites for hydroxylation is 2. The minimum absolute atomic E-state index is 0.0221. The molecule has 0 fully saturated rings. The molecule has 222 valence electrons. The molecule has 0 atom stereocenters. The van der Waals surface area contributed by atoms with Gasteiger partial charge in [-0.2, -0.15) is 0 Å². The van der Waals surface area contributed by atoms with Crippen molar-refractivity contribution in [3.05, 3.63) is 155 Å². The highest BCUT2D eigenvalue weighted by molar-refractivity contribution is 5.86. The van der Waals surface area contributed by atoms with Crippen LogP contribution < -0.4 is 20.9 Å². The van der Waals surface area contributed by atoms with Gasteiger partial charge in [-0.15, -0.1) is 0 Å². The molecule has 0 saturated heterocycles. The van der Waals surface area contributed by atoms with Crippen LogP contribution in [0.2, 0.25) is 0 Å². The Balaban J connectivity index is 1.38. The lowest BCUT2D eigenvalue weighted by molar-refractivity contribution is 0.465. The largest absolute Gasteiger partial charge is 0.506 e. The van der Waals surface area contributed by atoms with Crippen molar-refractivity contribution in [2.45, 2.75) is 19.3 Å². The van der Waals surface area contributed by atoms with Gasteiger partial charge >= 0.3 is 0 Å². The van der Waals surface area contributed by atoms with E-state index in [9.17, 15) is 10.2 Å². The summed E-state index contributed by atoms with van der Waals surface area (Å²) >= 11 is 0. The fourth-order valence-electron chi connectivity index (χ4n) is 6.46. The van der Waals surface area contributed by atoms with Gasteiger partial charge < -0.3 is 31.2 Å². The molecule has 6 heteroatoms. The molecular formula is C39H32N2O4. The first kappa shape index (κ1) is 27.9. The molecule has 0 aliphatic heterocycles. The third kappa shape index (κ3) is 4.59. The van der Waals surface area contributed by atoms with Crippen LogP contribution in [0.4, 0.5) is 11.4 Å². The molecule has 1 aliphatic carbocycles. The molecule has 0 radical (unpaired) electrons. The molecule has 0 aromatic heterocycles. The van der Waals surface area contributed by atoms with Crippen molar-refractivity contribution in [2.24, 2.45) is 0 Å².